The Labute approximate surface area is 137 Å². The van der Waals surface area contributed by atoms with Gasteiger partial charge in [-0.1, -0.05) is 18.2 Å². The van der Waals surface area contributed by atoms with Crippen molar-refractivity contribution in [2.75, 3.05) is 37.0 Å². The third kappa shape index (κ3) is 4.79. The van der Waals surface area contributed by atoms with Gasteiger partial charge in [0.2, 0.25) is 0 Å². The third-order valence-corrected chi connectivity index (χ3v) is 3.47. The van der Waals surface area contributed by atoms with Gasteiger partial charge in [-0.25, -0.2) is 0 Å². The lowest BCUT2D eigenvalue weighted by atomic mass is 10.2. The van der Waals surface area contributed by atoms with Gasteiger partial charge in [0.1, 0.15) is 0 Å². The lowest BCUT2D eigenvalue weighted by Gasteiger charge is -2.21. The molecule has 5 nitrogen and oxygen atoms in total. The second-order valence-corrected chi connectivity index (χ2v) is 5.12. The van der Waals surface area contributed by atoms with Gasteiger partial charge in [0.15, 0.2) is 0 Å². The molecule has 0 saturated heterocycles. The second-order valence-electron chi connectivity index (χ2n) is 5.12. The van der Waals surface area contributed by atoms with Crippen LogP contribution in [0.3, 0.4) is 0 Å². The zero-order valence-electron chi connectivity index (χ0n) is 13.7. The number of anilines is 2. The van der Waals surface area contributed by atoms with Crippen molar-refractivity contribution in [1.29, 1.82) is 0 Å². The molecule has 0 atom stereocenters. The van der Waals surface area contributed by atoms with Gasteiger partial charge in [-0.15, -0.1) is 0 Å². The summed E-state index contributed by atoms with van der Waals surface area (Å²) in [7, 11) is 1.68. The smallest absolute Gasteiger partial charge is 0.259 e. The first-order valence-corrected chi connectivity index (χ1v) is 7.81. The summed E-state index contributed by atoms with van der Waals surface area (Å²) in [4.78, 5) is 18.7. The maximum atomic E-state index is 12.7. The number of hydrogen-bond acceptors (Lipinski definition) is 4. The highest BCUT2D eigenvalue weighted by atomic mass is 16.5. The fraction of sp³-hybridized carbons (Fsp3) is 0.333. The number of benzene rings is 1. The van der Waals surface area contributed by atoms with Gasteiger partial charge in [0.05, 0.1) is 11.3 Å². The van der Waals surface area contributed by atoms with Crippen LogP contribution in [0.25, 0.3) is 0 Å². The van der Waals surface area contributed by atoms with E-state index in [4.69, 9.17) is 4.74 Å². The molecule has 0 unspecified atom stereocenters. The number of hydrogen-bond donors (Lipinski definition) is 1. The molecule has 0 aliphatic heterocycles. The Bertz CT molecular complexity index is 617. The lowest BCUT2D eigenvalue weighted by Crippen LogP contribution is -2.30. The molecule has 1 N–H and O–H groups in total. The summed E-state index contributed by atoms with van der Waals surface area (Å²) in [6, 6.07) is 11.5. The molecule has 0 aliphatic rings. The normalized spacial score (nSPS) is 10.3. The number of pyridine rings is 1. The molecule has 23 heavy (non-hydrogen) atoms. The highest BCUT2D eigenvalue weighted by molar-refractivity contribution is 6.06. The zero-order chi connectivity index (χ0) is 16.5. The highest BCUT2D eigenvalue weighted by Crippen LogP contribution is 2.17. The molecule has 0 aliphatic carbocycles. The number of aromatic nitrogens is 1. The van der Waals surface area contributed by atoms with Gasteiger partial charge in [0.25, 0.3) is 5.91 Å². The molecule has 0 fully saturated rings. The van der Waals surface area contributed by atoms with Crippen molar-refractivity contribution in [2.24, 2.45) is 0 Å². The van der Waals surface area contributed by atoms with Crippen LogP contribution in [-0.2, 0) is 4.74 Å². The molecule has 1 aromatic heterocycles. The van der Waals surface area contributed by atoms with Crippen LogP contribution in [-0.4, -0.2) is 37.7 Å². The Morgan fingerprint density at radius 2 is 2.04 bits per heavy atom. The number of nitrogens with zero attached hydrogens (tertiary/aromatic N) is 2. The first kappa shape index (κ1) is 17.0. The van der Waals surface area contributed by atoms with E-state index in [1.165, 1.54) is 0 Å². The third-order valence-electron chi connectivity index (χ3n) is 3.47. The lowest BCUT2D eigenvalue weighted by molar-refractivity contribution is 0.0988. The van der Waals surface area contributed by atoms with Crippen LogP contribution in [0.2, 0.25) is 0 Å². The van der Waals surface area contributed by atoms with Crippen LogP contribution in [0, 0.1) is 0 Å². The van der Waals surface area contributed by atoms with Crippen molar-refractivity contribution in [1.82, 2.24) is 4.98 Å². The number of para-hydroxylation sites is 1. The Morgan fingerprint density at radius 1 is 1.26 bits per heavy atom. The molecule has 122 valence electrons. The Hall–Kier alpha value is -2.40. The van der Waals surface area contributed by atoms with Crippen molar-refractivity contribution in [3.05, 3.63) is 54.4 Å². The van der Waals surface area contributed by atoms with Crippen molar-refractivity contribution in [3.8, 4) is 0 Å². The van der Waals surface area contributed by atoms with Crippen molar-refractivity contribution in [2.45, 2.75) is 13.3 Å². The standard InChI is InChI=1S/C18H23N3O2/c1-3-21(17-8-5-4-6-9-17)18(22)15-12-16(14-19-13-15)20-10-7-11-23-2/h4-6,8-9,12-14,20H,3,7,10-11H2,1-2H3. The van der Waals surface area contributed by atoms with Gasteiger partial charge >= 0.3 is 0 Å². The minimum absolute atomic E-state index is 0.0493. The maximum Gasteiger partial charge on any atom is 0.259 e. The van der Waals surface area contributed by atoms with Crippen molar-refractivity contribution < 1.29 is 9.53 Å². The number of rotatable bonds is 8. The summed E-state index contributed by atoms with van der Waals surface area (Å²) in [5.74, 6) is -0.0493. The molecule has 0 radical (unpaired) electrons. The average molecular weight is 313 g/mol. The zero-order valence-corrected chi connectivity index (χ0v) is 13.7. The largest absolute Gasteiger partial charge is 0.385 e. The molecule has 1 amide bonds. The topological polar surface area (TPSA) is 54.5 Å². The summed E-state index contributed by atoms with van der Waals surface area (Å²) in [6.07, 6.45) is 4.23. The fourth-order valence-electron chi connectivity index (χ4n) is 2.31. The molecular weight excluding hydrogens is 290 g/mol. The monoisotopic (exact) mass is 313 g/mol. The number of carbonyl (C=O) groups excluding carboxylic acids is 1. The minimum Gasteiger partial charge on any atom is -0.385 e. The first-order valence-electron chi connectivity index (χ1n) is 7.81. The van der Waals surface area contributed by atoms with E-state index in [-0.39, 0.29) is 5.91 Å². The van der Waals surface area contributed by atoms with Gasteiger partial charge in [-0.05, 0) is 31.5 Å². The summed E-state index contributed by atoms with van der Waals surface area (Å²) in [5, 5.41) is 3.26. The molecule has 1 aromatic carbocycles. The quantitative estimate of drug-likeness (QED) is 0.760. The molecule has 0 bridgehead atoms. The summed E-state index contributed by atoms with van der Waals surface area (Å²) in [5.41, 5.74) is 2.31. The Kier molecular flexibility index (Phi) is 6.56. The Morgan fingerprint density at radius 3 is 2.74 bits per heavy atom. The van der Waals surface area contributed by atoms with Gasteiger partial charge in [0, 0.05) is 44.9 Å². The van der Waals surface area contributed by atoms with Crippen LogP contribution in [0.4, 0.5) is 11.4 Å². The molecule has 2 aromatic rings. The van der Waals surface area contributed by atoms with Crippen LogP contribution in [0.5, 0.6) is 0 Å². The molecule has 2 rings (SSSR count). The van der Waals surface area contributed by atoms with E-state index in [0.717, 1.165) is 24.3 Å². The molecule has 0 saturated carbocycles. The van der Waals surface area contributed by atoms with Crippen LogP contribution in [0.15, 0.2) is 48.8 Å². The van der Waals surface area contributed by atoms with Crippen LogP contribution in [0.1, 0.15) is 23.7 Å². The van der Waals surface area contributed by atoms with E-state index in [9.17, 15) is 4.79 Å². The molecule has 1 heterocycles. The maximum absolute atomic E-state index is 12.7. The predicted octanol–water partition coefficient (Wildman–Crippen LogP) is 3.20. The van der Waals surface area contributed by atoms with E-state index >= 15 is 0 Å². The van der Waals surface area contributed by atoms with Crippen LogP contribution >= 0.6 is 0 Å². The van der Waals surface area contributed by atoms with E-state index in [0.29, 0.717) is 18.7 Å². The number of amides is 1. The van der Waals surface area contributed by atoms with E-state index in [2.05, 4.69) is 10.3 Å². The number of ether oxygens (including phenoxy) is 1. The highest BCUT2D eigenvalue weighted by Gasteiger charge is 2.16. The fourth-order valence-corrected chi connectivity index (χ4v) is 2.31. The average Bonchev–Trinajstić information content (AvgIpc) is 2.60. The number of nitrogens with one attached hydrogen (secondary N) is 1. The first-order chi connectivity index (χ1) is 11.3. The van der Waals surface area contributed by atoms with E-state index < -0.39 is 0 Å². The van der Waals surface area contributed by atoms with Crippen LogP contribution < -0.4 is 10.2 Å². The second kappa shape index (κ2) is 8.90. The van der Waals surface area contributed by atoms with Gasteiger partial charge < -0.3 is 15.0 Å². The summed E-state index contributed by atoms with van der Waals surface area (Å²) >= 11 is 0. The molecular formula is C18H23N3O2. The predicted molar refractivity (Wildman–Crippen MR) is 93.0 cm³/mol. The Balaban J connectivity index is 2.09. The number of carbonyl (C=O) groups is 1. The van der Waals surface area contributed by atoms with Gasteiger partial charge in [-0.3, -0.25) is 9.78 Å². The molecule has 5 heteroatoms. The molecule has 0 spiro atoms. The summed E-state index contributed by atoms with van der Waals surface area (Å²) < 4.78 is 5.02. The van der Waals surface area contributed by atoms with E-state index in [1.54, 1.807) is 24.4 Å². The number of methoxy groups -OCH3 is 1. The van der Waals surface area contributed by atoms with Crippen molar-refractivity contribution >= 4 is 17.3 Å². The summed E-state index contributed by atoms with van der Waals surface area (Å²) in [6.45, 7) is 4.06. The van der Waals surface area contributed by atoms with E-state index in [1.807, 2.05) is 43.3 Å². The van der Waals surface area contributed by atoms with Crippen molar-refractivity contribution in [3.63, 3.8) is 0 Å². The minimum atomic E-state index is -0.0493. The SMILES string of the molecule is CCN(C(=O)c1cncc(NCCCOC)c1)c1ccccc1. The van der Waals surface area contributed by atoms with Gasteiger partial charge in [-0.2, -0.15) is 0 Å².